The highest BCUT2D eigenvalue weighted by Crippen LogP contribution is 1.98. The molecular weight excluding hydrogens is 184 g/mol. The van der Waals surface area contributed by atoms with Crippen molar-refractivity contribution < 1.29 is 14.7 Å². The number of rotatable bonds is 5. The van der Waals surface area contributed by atoms with Crippen molar-refractivity contribution in [1.29, 1.82) is 0 Å². The van der Waals surface area contributed by atoms with E-state index >= 15 is 0 Å². The van der Waals surface area contributed by atoms with Crippen LogP contribution in [0.25, 0.3) is 0 Å². The smallest absolute Gasteiger partial charge is 0.323 e. The van der Waals surface area contributed by atoms with E-state index in [1.54, 1.807) is 13.8 Å². The van der Waals surface area contributed by atoms with Crippen LogP contribution in [0.3, 0.4) is 0 Å². The normalized spacial score (nSPS) is 10.0. The molecule has 0 unspecified atom stereocenters. The number of carboxylic acids is 1. The zero-order valence-corrected chi connectivity index (χ0v) is 8.91. The molecule has 2 N–H and O–H groups in total. The molecule has 0 rings (SSSR count). The van der Waals surface area contributed by atoms with Crippen molar-refractivity contribution in [1.82, 2.24) is 10.2 Å². The molecule has 0 bridgehead atoms. The highest BCUT2D eigenvalue weighted by Gasteiger charge is 2.18. The molecule has 14 heavy (non-hydrogen) atoms. The van der Waals surface area contributed by atoms with Crippen molar-refractivity contribution >= 4 is 12.0 Å². The van der Waals surface area contributed by atoms with Crippen LogP contribution in [-0.4, -0.2) is 41.1 Å². The van der Waals surface area contributed by atoms with Crippen LogP contribution in [0.2, 0.25) is 0 Å². The van der Waals surface area contributed by atoms with Gasteiger partial charge < -0.3 is 15.3 Å². The number of nitrogens with zero attached hydrogens (tertiary/aromatic N) is 1. The molecule has 0 aliphatic heterocycles. The second-order valence-electron chi connectivity index (χ2n) is 3.35. The van der Waals surface area contributed by atoms with E-state index in [9.17, 15) is 9.59 Å². The average Bonchev–Trinajstić information content (AvgIpc) is 2.09. The van der Waals surface area contributed by atoms with Crippen LogP contribution < -0.4 is 5.32 Å². The van der Waals surface area contributed by atoms with Crippen LogP contribution in [-0.2, 0) is 4.79 Å². The molecule has 82 valence electrons. The number of amides is 2. The SMILES string of the molecule is CCCNC(=O)N(CC(=O)O)C(C)C. The molecule has 0 aliphatic carbocycles. The summed E-state index contributed by atoms with van der Waals surface area (Å²) in [5.74, 6) is -0.995. The van der Waals surface area contributed by atoms with E-state index < -0.39 is 5.97 Å². The molecule has 0 aromatic rings. The predicted octanol–water partition coefficient (Wildman–Crippen LogP) is 0.901. The summed E-state index contributed by atoms with van der Waals surface area (Å²) in [5.41, 5.74) is 0. The lowest BCUT2D eigenvalue weighted by Crippen LogP contribution is -2.46. The van der Waals surface area contributed by atoms with E-state index in [4.69, 9.17) is 5.11 Å². The van der Waals surface area contributed by atoms with Gasteiger partial charge in [-0.1, -0.05) is 6.92 Å². The molecule has 0 aromatic heterocycles. The fourth-order valence-corrected chi connectivity index (χ4v) is 0.968. The van der Waals surface area contributed by atoms with Gasteiger partial charge in [0.1, 0.15) is 6.54 Å². The number of nitrogens with one attached hydrogen (secondary N) is 1. The fourth-order valence-electron chi connectivity index (χ4n) is 0.968. The van der Waals surface area contributed by atoms with Crippen molar-refractivity contribution in [3.63, 3.8) is 0 Å². The van der Waals surface area contributed by atoms with Crippen LogP contribution in [0.15, 0.2) is 0 Å². The van der Waals surface area contributed by atoms with Gasteiger partial charge in [0.25, 0.3) is 0 Å². The number of hydrogen-bond acceptors (Lipinski definition) is 2. The standard InChI is InChI=1S/C9H18N2O3/c1-4-5-10-9(14)11(7(2)3)6-8(12)13/h7H,4-6H2,1-3H3,(H,10,14)(H,12,13). The van der Waals surface area contributed by atoms with Gasteiger partial charge in [0.2, 0.25) is 0 Å². The van der Waals surface area contributed by atoms with Crippen LogP contribution >= 0.6 is 0 Å². The van der Waals surface area contributed by atoms with Crippen molar-refractivity contribution in [2.45, 2.75) is 33.2 Å². The molecular formula is C9H18N2O3. The second kappa shape index (κ2) is 6.23. The Hall–Kier alpha value is -1.26. The lowest BCUT2D eigenvalue weighted by Gasteiger charge is -2.24. The fraction of sp³-hybridized carbons (Fsp3) is 0.778. The lowest BCUT2D eigenvalue weighted by atomic mass is 10.3. The minimum absolute atomic E-state index is 0.108. The van der Waals surface area contributed by atoms with Gasteiger partial charge in [0.15, 0.2) is 0 Å². The summed E-state index contributed by atoms with van der Waals surface area (Å²) in [7, 11) is 0. The molecule has 0 aliphatic rings. The Morgan fingerprint density at radius 1 is 1.43 bits per heavy atom. The van der Waals surface area contributed by atoms with E-state index in [2.05, 4.69) is 5.32 Å². The van der Waals surface area contributed by atoms with Crippen molar-refractivity contribution in [2.75, 3.05) is 13.1 Å². The molecule has 0 fully saturated rings. The molecule has 0 heterocycles. The van der Waals surface area contributed by atoms with Crippen LogP contribution in [0, 0.1) is 0 Å². The number of carbonyl (C=O) groups is 2. The minimum atomic E-state index is -0.995. The molecule has 5 heteroatoms. The van der Waals surface area contributed by atoms with Crippen LogP contribution in [0.5, 0.6) is 0 Å². The van der Waals surface area contributed by atoms with Crippen LogP contribution in [0.1, 0.15) is 27.2 Å². The number of urea groups is 1. The molecule has 0 radical (unpaired) electrons. The van der Waals surface area contributed by atoms with Gasteiger partial charge in [-0.25, -0.2) is 4.79 Å². The summed E-state index contributed by atoms with van der Waals surface area (Å²) in [5, 5.41) is 11.2. The van der Waals surface area contributed by atoms with Crippen molar-refractivity contribution in [2.24, 2.45) is 0 Å². The summed E-state index contributed by atoms with van der Waals surface area (Å²) < 4.78 is 0. The molecule has 0 saturated heterocycles. The first-order chi connectivity index (χ1) is 6.49. The number of carbonyl (C=O) groups excluding carboxylic acids is 1. The van der Waals surface area contributed by atoms with Gasteiger partial charge in [0.05, 0.1) is 0 Å². The quantitative estimate of drug-likeness (QED) is 0.696. The van der Waals surface area contributed by atoms with Crippen molar-refractivity contribution in [3.05, 3.63) is 0 Å². The van der Waals surface area contributed by atoms with E-state index in [0.29, 0.717) is 6.54 Å². The minimum Gasteiger partial charge on any atom is -0.480 e. The van der Waals surface area contributed by atoms with Gasteiger partial charge >= 0.3 is 12.0 Å². The molecule has 0 atom stereocenters. The Morgan fingerprint density at radius 2 is 2.00 bits per heavy atom. The number of aliphatic carboxylic acids is 1. The monoisotopic (exact) mass is 202 g/mol. The third kappa shape index (κ3) is 4.69. The maximum absolute atomic E-state index is 11.4. The second-order valence-corrected chi connectivity index (χ2v) is 3.35. The maximum atomic E-state index is 11.4. The van der Waals surface area contributed by atoms with E-state index in [-0.39, 0.29) is 18.6 Å². The average molecular weight is 202 g/mol. The summed E-state index contributed by atoms with van der Waals surface area (Å²) in [6, 6.07) is -0.424. The molecule has 0 spiro atoms. The first-order valence-electron chi connectivity index (χ1n) is 4.75. The Bertz CT molecular complexity index is 204. The zero-order chi connectivity index (χ0) is 11.1. The largest absolute Gasteiger partial charge is 0.480 e. The van der Waals surface area contributed by atoms with E-state index in [1.165, 1.54) is 4.90 Å². The lowest BCUT2D eigenvalue weighted by molar-refractivity contribution is -0.138. The Labute approximate surface area is 84.1 Å². The molecule has 5 nitrogen and oxygen atoms in total. The first kappa shape index (κ1) is 12.7. The predicted molar refractivity (Wildman–Crippen MR) is 53.2 cm³/mol. The Balaban J connectivity index is 4.19. The third-order valence-electron chi connectivity index (χ3n) is 1.72. The maximum Gasteiger partial charge on any atom is 0.323 e. The zero-order valence-electron chi connectivity index (χ0n) is 8.91. The highest BCUT2D eigenvalue weighted by atomic mass is 16.4. The van der Waals surface area contributed by atoms with Gasteiger partial charge in [0, 0.05) is 12.6 Å². The Kier molecular flexibility index (Phi) is 5.67. The Morgan fingerprint density at radius 3 is 2.36 bits per heavy atom. The van der Waals surface area contributed by atoms with Gasteiger partial charge in [-0.05, 0) is 20.3 Å². The molecule has 0 saturated carbocycles. The summed E-state index contributed by atoms with van der Waals surface area (Å²) in [4.78, 5) is 23.2. The van der Waals surface area contributed by atoms with Crippen LogP contribution in [0.4, 0.5) is 4.79 Å². The van der Waals surface area contributed by atoms with Gasteiger partial charge in [-0.15, -0.1) is 0 Å². The summed E-state index contributed by atoms with van der Waals surface area (Å²) >= 11 is 0. The number of hydrogen-bond donors (Lipinski definition) is 2. The first-order valence-corrected chi connectivity index (χ1v) is 4.75. The molecule has 2 amide bonds. The van der Waals surface area contributed by atoms with E-state index in [1.807, 2.05) is 6.92 Å². The summed E-state index contributed by atoms with van der Waals surface area (Å²) in [6.07, 6.45) is 0.838. The summed E-state index contributed by atoms with van der Waals surface area (Å²) in [6.45, 7) is 5.83. The third-order valence-corrected chi connectivity index (χ3v) is 1.72. The van der Waals surface area contributed by atoms with Gasteiger partial charge in [-0.3, -0.25) is 4.79 Å². The molecule has 0 aromatic carbocycles. The topological polar surface area (TPSA) is 69.6 Å². The van der Waals surface area contributed by atoms with Crippen molar-refractivity contribution in [3.8, 4) is 0 Å². The van der Waals surface area contributed by atoms with E-state index in [0.717, 1.165) is 6.42 Å². The highest BCUT2D eigenvalue weighted by molar-refractivity contribution is 5.80. The number of carboxylic acid groups (broad SMARTS) is 1. The van der Waals surface area contributed by atoms with Gasteiger partial charge in [-0.2, -0.15) is 0 Å².